The molecule has 1 heterocycles. The van der Waals surface area contributed by atoms with Crippen LogP contribution in [0.15, 0.2) is 12.3 Å². The summed E-state index contributed by atoms with van der Waals surface area (Å²) in [6.07, 6.45) is 1.30. The molecular weight excluding hydrogens is 212 g/mol. The highest BCUT2D eigenvalue weighted by Crippen LogP contribution is 2.32. The summed E-state index contributed by atoms with van der Waals surface area (Å²) in [5, 5.41) is 8.69. The molecule has 1 aromatic rings. The van der Waals surface area contributed by atoms with Crippen LogP contribution < -0.4 is 15.2 Å². The summed E-state index contributed by atoms with van der Waals surface area (Å²) in [6.45, 7) is 0. The summed E-state index contributed by atoms with van der Waals surface area (Å²) in [5.41, 5.74) is 6.24. The fraction of sp³-hybridized carbons (Fsp3) is 0.400. The first-order chi connectivity index (χ1) is 7.60. The topological polar surface area (TPSA) is 94.7 Å². The van der Waals surface area contributed by atoms with Gasteiger partial charge in [-0.05, 0) is 6.07 Å². The number of methoxy groups -OCH3 is 2. The van der Waals surface area contributed by atoms with Crippen molar-refractivity contribution in [3.8, 4) is 11.6 Å². The van der Waals surface area contributed by atoms with Crippen LogP contribution in [0.25, 0.3) is 0 Å². The minimum atomic E-state index is -0.986. The van der Waals surface area contributed by atoms with Crippen LogP contribution in [0.4, 0.5) is 0 Å². The number of nitrogens with zero attached hydrogens (tertiary/aromatic N) is 1. The van der Waals surface area contributed by atoms with Crippen LogP contribution in [0.2, 0.25) is 0 Å². The molecule has 0 aliphatic rings. The summed E-state index contributed by atoms with van der Waals surface area (Å²) < 4.78 is 10.1. The van der Waals surface area contributed by atoms with Gasteiger partial charge in [-0.25, -0.2) is 4.98 Å². The van der Waals surface area contributed by atoms with Crippen LogP contribution in [0, 0.1) is 0 Å². The Hall–Kier alpha value is -1.82. The molecule has 3 N–H and O–H groups in total. The number of carboxylic acids is 1. The van der Waals surface area contributed by atoms with E-state index >= 15 is 0 Å². The molecule has 0 aliphatic carbocycles. The van der Waals surface area contributed by atoms with Gasteiger partial charge in [-0.2, -0.15) is 0 Å². The third-order valence-corrected chi connectivity index (χ3v) is 2.09. The molecule has 0 radical (unpaired) electrons. The predicted molar refractivity (Wildman–Crippen MR) is 56.5 cm³/mol. The maximum Gasteiger partial charge on any atom is 0.305 e. The van der Waals surface area contributed by atoms with Crippen LogP contribution in [0.3, 0.4) is 0 Å². The second-order valence-electron chi connectivity index (χ2n) is 3.14. The lowest BCUT2D eigenvalue weighted by Crippen LogP contribution is -2.17. The van der Waals surface area contributed by atoms with E-state index in [1.54, 1.807) is 6.07 Å². The first kappa shape index (κ1) is 12.3. The Labute approximate surface area is 93.0 Å². The number of aliphatic carboxylic acids is 1. The summed E-state index contributed by atoms with van der Waals surface area (Å²) >= 11 is 0. The molecular formula is C10H14N2O4. The highest BCUT2D eigenvalue weighted by Gasteiger charge is 2.20. The fourth-order valence-corrected chi connectivity index (χ4v) is 1.41. The molecule has 1 aromatic heterocycles. The average molecular weight is 226 g/mol. The van der Waals surface area contributed by atoms with Crippen molar-refractivity contribution in [3.63, 3.8) is 0 Å². The first-order valence-corrected chi connectivity index (χ1v) is 4.64. The van der Waals surface area contributed by atoms with Crippen molar-refractivity contribution in [2.45, 2.75) is 12.5 Å². The molecule has 1 rings (SSSR count). The van der Waals surface area contributed by atoms with E-state index in [4.69, 9.17) is 20.3 Å². The van der Waals surface area contributed by atoms with Crippen molar-refractivity contribution in [1.82, 2.24) is 4.98 Å². The molecule has 16 heavy (non-hydrogen) atoms. The number of rotatable bonds is 5. The highest BCUT2D eigenvalue weighted by molar-refractivity contribution is 5.68. The van der Waals surface area contributed by atoms with Gasteiger partial charge in [-0.15, -0.1) is 0 Å². The highest BCUT2D eigenvalue weighted by atomic mass is 16.5. The quantitative estimate of drug-likeness (QED) is 0.762. The molecule has 0 bridgehead atoms. The molecule has 6 heteroatoms. The Balaban J connectivity index is 3.12. The van der Waals surface area contributed by atoms with Crippen LogP contribution >= 0.6 is 0 Å². The van der Waals surface area contributed by atoms with Crippen molar-refractivity contribution < 1.29 is 19.4 Å². The zero-order valence-corrected chi connectivity index (χ0v) is 9.14. The van der Waals surface area contributed by atoms with Gasteiger partial charge in [0.15, 0.2) is 0 Å². The number of hydrogen-bond acceptors (Lipinski definition) is 5. The lowest BCUT2D eigenvalue weighted by Gasteiger charge is -2.16. The Morgan fingerprint density at radius 2 is 2.25 bits per heavy atom. The monoisotopic (exact) mass is 226 g/mol. The number of nitrogens with two attached hydrogens (primary N) is 1. The van der Waals surface area contributed by atoms with Gasteiger partial charge in [0.05, 0.1) is 26.2 Å². The number of carboxylic acid groups (broad SMARTS) is 1. The van der Waals surface area contributed by atoms with Gasteiger partial charge in [0, 0.05) is 12.2 Å². The van der Waals surface area contributed by atoms with E-state index in [9.17, 15) is 4.79 Å². The van der Waals surface area contributed by atoms with E-state index in [1.165, 1.54) is 20.4 Å². The normalized spacial score (nSPS) is 11.9. The summed E-state index contributed by atoms with van der Waals surface area (Å²) in [5.74, 6) is -0.228. The maximum atomic E-state index is 10.6. The minimum absolute atomic E-state index is 0.210. The molecule has 0 amide bonds. The Bertz CT molecular complexity index is 359. The van der Waals surface area contributed by atoms with Crippen molar-refractivity contribution in [2.24, 2.45) is 5.73 Å². The number of carbonyl (C=O) groups is 1. The molecule has 0 saturated carbocycles. The van der Waals surface area contributed by atoms with E-state index in [0.717, 1.165) is 0 Å². The van der Waals surface area contributed by atoms with E-state index in [0.29, 0.717) is 11.3 Å². The minimum Gasteiger partial charge on any atom is -0.496 e. The van der Waals surface area contributed by atoms with E-state index in [1.807, 2.05) is 0 Å². The second-order valence-corrected chi connectivity index (χ2v) is 3.14. The molecule has 0 aromatic carbocycles. The molecule has 0 aliphatic heterocycles. The van der Waals surface area contributed by atoms with Crippen molar-refractivity contribution in [1.29, 1.82) is 0 Å². The third-order valence-electron chi connectivity index (χ3n) is 2.09. The van der Waals surface area contributed by atoms with Crippen LogP contribution in [-0.2, 0) is 4.79 Å². The van der Waals surface area contributed by atoms with Crippen molar-refractivity contribution in [2.75, 3.05) is 14.2 Å². The van der Waals surface area contributed by atoms with Crippen LogP contribution in [-0.4, -0.2) is 30.3 Å². The maximum absolute atomic E-state index is 10.6. The SMILES string of the molecule is COc1ccnc(OC)c1C(N)CC(=O)O. The van der Waals surface area contributed by atoms with Crippen molar-refractivity contribution in [3.05, 3.63) is 17.8 Å². The van der Waals surface area contributed by atoms with Gasteiger partial charge in [-0.3, -0.25) is 4.79 Å². The molecule has 0 fully saturated rings. The molecule has 0 saturated heterocycles. The largest absolute Gasteiger partial charge is 0.496 e. The Kier molecular flexibility index (Phi) is 4.07. The first-order valence-electron chi connectivity index (χ1n) is 4.64. The molecule has 88 valence electrons. The smallest absolute Gasteiger partial charge is 0.305 e. The van der Waals surface area contributed by atoms with E-state index < -0.39 is 12.0 Å². The number of ether oxygens (including phenoxy) is 2. The van der Waals surface area contributed by atoms with E-state index in [-0.39, 0.29) is 12.3 Å². The lowest BCUT2D eigenvalue weighted by molar-refractivity contribution is -0.137. The molecule has 6 nitrogen and oxygen atoms in total. The number of aromatic nitrogens is 1. The Morgan fingerprint density at radius 3 is 2.75 bits per heavy atom. The van der Waals surface area contributed by atoms with Gasteiger partial charge in [-0.1, -0.05) is 0 Å². The standard InChI is InChI=1S/C10H14N2O4/c1-15-7-3-4-12-10(16-2)9(7)6(11)5-8(13)14/h3-4,6H,5,11H2,1-2H3,(H,13,14). The summed E-state index contributed by atoms with van der Waals surface area (Å²) in [4.78, 5) is 14.6. The predicted octanol–water partition coefficient (Wildman–Crippen LogP) is 0.573. The summed E-state index contributed by atoms with van der Waals surface area (Å²) in [6, 6.07) is 0.899. The van der Waals surface area contributed by atoms with Crippen LogP contribution in [0.1, 0.15) is 18.0 Å². The lowest BCUT2D eigenvalue weighted by atomic mass is 10.1. The number of pyridine rings is 1. The molecule has 1 unspecified atom stereocenters. The molecule has 0 spiro atoms. The van der Waals surface area contributed by atoms with E-state index in [2.05, 4.69) is 4.98 Å². The average Bonchev–Trinajstić information content (AvgIpc) is 2.26. The Morgan fingerprint density at radius 1 is 1.56 bits per heavy atom. The van der Waals surface area contributed by atoms with Gasteiger partial charge in [0.25, 0.3) is 0 Å². The number of hydrogen-bond donors (Lipinski definition) is 2. The van der Waals surface area contributed by atoms with Crippen LogP contribution in [0.5, 0.6) is 11.6 Å². The second kappa shape index (κ2) is 5.32. The van der Waals surface area contributed by atoms with Gasteiger partial charge in [0.2, 0.25) is 5.88 Å². The third kappa shape index (κ3) is 2.60. The zero-order chi connectivity index (χ0) is 12.1. The van der Waals surface area contributed by atoms with Gasteiger partial charge < -0.3 is 20.3 Å². The summed E-state index contributed by atoms with van der Waals surface area (Å²) in [7, 11) is 2.92. The fourth-order valence-electron chi connectivity index (χ4n) is 1.41. The van der Waals surface area contributed by atoms with Gasteiger partial charge in [0.1, 0.15) is 5.75 Å². The molecule has 1 atom stereocenters. The zero-order valence-electron chi connectivity index (χ0n) is 9.14. The van der Waals surface area contributed by atoms with Crippen molar-refractivity contribution >= 4 is 5.97 Å². The van der Waals surface area contributed by atoms with Gasteiger partial charge >= 0.3 is 5.97 Å².